The number of rotatable bonds is 3. The zero-order valence-electron chi connectivity index (χ0n) is 23.1. The summed E-state index contributed by atoms with van der Waals surface area (Å²) in [5.41, 5.74) is 0.452. The molecule has 0 N–H and O–H groups in total. The maximum Gasteiger partial charge on any atom is 0.280 e. The monoisotopic (exact) mass is 573 g/mol. The molecule has 214 valence electrons. The number of methoxy groups -OCH3 is 1. The summed E-state index contributed by atoms with van der Waals surface area (Å²) in [6.07, 6.45) is 2.23. The third kappa shape index (κ3) is 4.59. The fourth-order valence-electron chi connectivity index (χ4n) is 5.64. The second-order valence-electron chi connectivity index (χ2n) is 10.1. The number of halogens is 2. The van der Waals surface area contributed by atoms with E-state index in [0.717, 1.165) is 17.5 Å². The van der Waals surface area contributed by atoms with Crippen molar-refractivity contribution in [2.75, 3.05) is 39.9 Å². The summed E-state index contributed by atoms with van der Waals surface area (Å²) in [7, 11) is 1.40. The first-order valence-corrected chi connectivity index (χ1v) is 14.0. The van der Waals surface area contributed by atoms with Gasteiger partial charge in [-0.3, -0.25) is 14.4 Å². The molecule has 1 atom stereocenters. The molecule has 2 bridgehead atoms. The van der Waals surface area contributed by atoms with Crippen LogP contribution in [0.1, 0.15) is 72.6 Å². The lowest BCUT2D eigenvalue weighted by atomic mass is 10.1. The first kappa shape index (κ1) is 27.9. The highest BCUT2D eigenvalue weighted by Gasteiger charge is 2.38. The molecular formula is C28H33ClFN5O5. The Kier molecular flexibility index (Phi) is 7.76. The Morgan fingerprint density at radius 2 is 1.85 bits per heavy atom. The second kappa shape index (κ2) is 11.1. The molecule has 10 nitrogen and oxygen atoms in total. The van der Waals surface area contributed by atoms with Gasteiger partial charge in [-0.2, -0.15) is 5.10 Å². The van der Waals surface area contributed by atoms with E-state index in [1.165, 1.54) is 19.2 Å². The van der Waals surface area contributed by atoms with Crippen LogP contribution in [-0.2, 0) is 6.54 Å². The standard InChI is InChI=1S/C28H33ClFN5O5/c1-5-32-10-8-7-9-11-40-20-13-19(30)18(29)12-17(20)15-34-26(36)21-23(22(31-34)27(32)37)35-16(3)14-33(6-2)28(38)24(35)25(21)39-4/h12-13,16H,5-11,14-15H2,1-4H3. The van der Waals surface area contributed by atoms with E-state index in [1.807, 2.05) is 20.8 Å². The highest BCUT2D eigenvalue weighted by Crippen LogP contribution is 2.39. The van der Waals surface area contributed by atoms with Gasteiger partial charge in [0.2, 0.25) is 0 Å². The van der Waals surface area contributed by atoms with Gasteiger partial charge in [0.15, 0.2) is 17.1 Å². The van der Waals surface area contributed by atoms with E-state index in [4.69, 9.17) is 21.1 Å². The smallest absolute Gasteiger partial charge is 0.280 e. The molecule has 2 amide bonds. The lowest BCUT2D eigenvalue weighted by molar-refractivity contribution is 0.0682. The van der Waals surface area contributed by atoms with Crippen LogP contribution < -0.4 is 15.0 Å². The van der Waals surface area contributed by atoms with Gasteiger partial charge in [-0.25, -0.2) is 9.07 Å². The minimum absolute atomic E-state index is 0.0540. The number of hydrogen-bond acceptors (Lipinski definition) is 6. The molecule has 0 fully saturated rings. The number of amides is 2. The Balaban J connectivity index is 1.84. The molecule has 0 radical (unpaired) electrons. The van der Waals surface area contributed by atoms with Gasteiger partial charge in [-0.15, -0.1) is 0 Å². The van der Waals surface area contributed by atoms with E-state index in [1.54, 1.807) is 14.4 Å². The molecule has 40 heavy (non-hydrogen) atoms. The number of likely N-dealkylation sites (N-methyl/N-ethyl adjacent to an activating group) is 1. The van der Waals surface area contributed by atoms with Crippen molar-refractivity contribution in [3.8, 4) is 11.5 Å². The number of aromatic nitrogens is 3. The van der Waals surface area contributed by atoms with Crippen molar-refractivity contribution < 1.29 is 23.5 Å². The van der Waals surface area contributed by atoms with Crippen molar-refractivity contribution in [2.24, 2.45) is 0 Å². The normalized spacial score (nSPS) is 18.3. The quantitative estimate of drug-likeness (QED) is 0.468. The van der Waals surface area contributed by atoms with Crippen molar-refractivity contribution in [3.63, 3.8) is 0 Å². The number of nitrogens with zero attached hydrogens (tertiary/aromatic N) is 5. The average Bonchev–Trinajstić information content (AvgIpc) is 3.30. The van der Waals surface area contributed by atoms with Crippen LogP contribution in [0.3, 0.4) is 0 Å². The topological polar surface area (TPSA) is 98.9 Å². The van der Waals surface area contributed by atoms with Crippen molar-refractivity contribution in [2.45, 2.75) is 52.6 Å². The summed E-state index contributed by atoms with van der Waals surface area (Å²) >= 11 is 6.11. The summed E-state index contributed by atoms with van der Waals surface area (Å²) in [5, 5.41) is 4.57. The molecule has 0 saturated heterocycles. The molecule has 5 rings (SSSR count). The summed E-state index contributed by atoms with van der Waals surface area (Å²) in [6, 6.07) is 2.37. The van der Waals surface area contributed by atoms with Crippen molar-refractivity contribution in [1.82, 2.24) is 24.1 Å². The van der Waals surface area contributed by atoms with Crippen LogP contribution in [0.4, 0.5) is 4.39 Å². The van der Waals surface area contributed by atoms with Crippen LogP contribution in [-0.4, -0.2) is 75.9 Å². The first-order chi connectivity index (χ1) is 19.2. The molecule has 0 saturated carbocycles. The fourth-order valence-corrected chi connectivity index (χ4v) is 5.83. The van der Waals surface area contributed by atoms with Gasteiger partial charge in [0, 0.05) is 43.9 Å². The van der Waals surface area contributed by atoms with E-state index in [2.05, 4.69) is 5.10 Å². The summed E-state index contributed by atoms with van der Waals surface area (Å²) in [6.45, 7) is 7.75. The van der Waals surface area contributed by atoms with Crippen molar-refractivity contribution >= 4 is 34.3 Å². The molecule has 1 unspecified atom stereocenters. The highest BCUT2D eigenvalue weighted by molar-refractivity contribution is 6.30. The van der Waals surface area contributed by atoms with Crippen molar-refractivity contribution in [1.29, 1.82) is 0 Å². The number of carbonyl (C=O) groups is 2. The highest BCUT2D eigenvalue weighted by atomic mass is 35.5. The summed E-state index contributed by atoms with van der Waals surface area (Å²) < 4.78 is 28.9. The van der Waals surface area contributed by atoms with E-state index >= 15 is 0 Å². The van der Waals surface area contributed by atoms with E-state index in [-0.39, 0.29) is 63.2 Å². The molecule has 4 heterocycles. The molecule has 2 aliphatic heterocycles. The van der Waals surface area contributed by atoms with Gasteiger partial charge in [0.05, 0.1) is 30.8 Å². The molecule has 3 aromatic rings. The largest absolute Gasteiger partial charge is 0.493 e. The number of carbonyl (C=O) groups excluding carboxylic acids is 2. The lowest BCUT2D eigenvalue weighted by Crippen LogP contribution is -2.42. The van der Waals surface area contributed by atoms with Crippen LogP contribution >= 0.6 is 11.6 Å². The predicted octanol–water partition coefficient (Wildman–Crippen LogP) is 4.11. The van der Waals surface area contributed by atoms with Gasteiger partial charge < -0.3 is 23.8 Å². The number of hydrogen-bond donors (Lipinski definition) is 0. The Labute approximate surface area is 236 Å². The zero-order valence-corrected chi connectivity index (χ0v) is 23.9. The van der Waals surface area contributed by atoms with E-state index < -0.39 is 11.4 Å². The molecule has 2 aliphatic rings. The lowest BCUT2D eigenvalue weighted by Gasteiger charge is -2.33. The van der Waals surface area contributed by atoms with Gasteiger partial charge >= 0.3 is 0 Å². The molecule has 0 aliphatic carbocycles. The van der Waals surface area contributed by atoms with E-state index in [0.29, 0.717) is 44.8 Å². The molecule has 2 aromatic heterocycles. The number of ether oxygens (including phenoxy) is 2. The number of benzene rings is 1. The fraction of sp³-hybridized carbons (Fsp3) is 0.500. The first-order valence-electron chi connectivity index (χ1n) is 13.6. The molecule has 1 aromatic carbocycles. The third-order valence-electron chi connectivity index (χ3n) is 7.68. The van der Waals surface area contributed by atoms with Crippen LogP contribution in [0.2, 0.25) is 5.02 Å². The molecule has 0 spiro atoms. The van der Waals surface area contributed by atoms with Gasteiger partial charge in [0.25, 0.3) is 17.4 Å². The zero-order chi connectivity index (χ0) is 28.7. The van der Waals surface area contributed by atoms with Crippen LogP contribution in [0.5, 0.6) is 11.5 Å². The van der Waals surface area contributed by atoms with Crippen LogP contribution in [0, 0.1) is 5.82 Å². The molecule has 12 heteroatoms. The Morgan fingerprint density at radius 3 is 2.55 bits per heavy atom. The third-order valence-corrected chi connectivity index (χ3v) is 7.97. The Hall–Kier alpha value is -3.60. The Bertz CT molecular complexity index is 1550. The Morgan fingerprint density at radius 1 is 1.10 bits per heavy atom. The van der Waals surface area contributed by atoms with Gasteiger partial charge in [-0.05, 0) is 46.1 Å². The minimum Gasteiger partial charge on any atom is -0.493 e. The van der Waals surface area contributed by atoms with Gasteiger partial charge in [0.1, 0.15) is 17.0 Å². The summed E-state index contributed by atoms with van der Waals surface area (Å²) in [5.74, 6) is -0.898. The van der Waals surface area contributed by atoms with Crippen LogP contribution in [0.25, 0.3) is 10.9 Å². The minimum atomic E-state index is -0.637. The predicted molar refractivity (Wildman–Crippen MR) is 148 cm³/mol. The van der Waals surface area contributed by atoms with E-state index in [9.17, 15) is 18.8 Å². The van der Waals surface area contributed by atoms with Gasteiger partial charge in [-0.1, -0.05) is 11.6 Å². The van der Waals surface area contributed by atoms with Crippen LogP contribution in [0.15, 0.2) is 16.9 Å². The van der Waals surface area contributed by atoms with Crippen molar-refractivity contribution in [3.05, 3.63) is 50.3 Å². The maximum atomic E-state index is 14.4. The number of fused-ring (bicyclic) bond motifs is 7. The summed E-state index contributed by atoms with van der Waals surface area (Å²) in [4.78, 5) is 45.1. The second-order valence-corrected chi connectivity index (χ2v) is 10.6. The maximum absolute atomic E-state index is 14.4. The molecular weight excluding hydrogens is 541 g/mol. The SMILES string of the molecule is CCN1CCCCCOc2cc(F)c(Cl)cc2Cn2nc(c3c(c(OC)c4n3C(C)CN(CC)C4=O)c2=O)C1=O. The average molecular weight is 574 g/mol.